The van der Waals surface area contributed by atoms with E-state index in [0.717, 1.165) is 6.54 Å². The molecule has 1 rings (SSSR count). The number of rotatable bonds is 5. The van der Waals surface area contributed by atoms with Gasteiger partial charge in [0.1, 0.15) is 6.33 Å². The average molecular weight is 211 g/mol. The summed E-state index contributed by atoms with van der Waals surface area (Å²) in [6.45, 7) is 5.06. The lowest BCUT2D eigenvalue weighted by Gasteiger charge is -2.13. The molecule has 0 bridgehead atoms. The lowest BCUT2D eigenvalue weighted by atomic mass is 10.2. The zero-order valence-electron chi connectivity index (χ0n) is 9.57. The highest BCUT2D eigenvalue weighted by atomic mass is 16.5. The van der Waals surface area contributed by atoms with Crippen LogP contribution in [0.2, 0.25) is 0 Å². The summed E-state index contributed by atoms with van der Waals surface area (Å²) in [5, 5.41) is 3.21. The number of anilines is 1. The molecule has 0 aliphatic carbocycles. The molecule has 0 saturated carbocycles. The third-order valence-electron chi connectivity index (χ3n) is 1.85. The zero-order chi connectivity index (χ0) is 11.3. The van der Waals surface area contributed by atoms with Crippen LogP contribution in [0.25, 0.3) is 0 Å². The number of methoxy groups -OCH3 is 2. The van der Waals surface area contributed by atoms with Gasteiger partial charge in [-0.1, -0.05) is 13.8 Å². The molecule has 1 aromatic rings. The molecule has 0 fully saturated rings. The van der Waals surface area contributed by atoms with Gasteiger partial charge in [0.25, 0.3) is 0 Å². The summed E-state index contributed by atoms with van der Waals surface area (Å²) in [5.74, 6) is 1.53. The molecular weight excluding hydrogens is 194 g/mol. The molecule has 0 aromatic carbocycles. The van der Waals surface area contributed by atoms with Crippen LogP contribution in [0.1, 0.15) is 13.8 Å². The van der Waals surface area contributed by atoms with E-state index in [1.165, 1.54) is 6.33 Å². The quantitative estimate of drug-likeness (QED) is 0.801. The molecule has 5 heteroatoms. The van der Waals surface area contributed by atoms with Crippen LogP contribution in [0.5, 0.6) is 11.8 Å². The van der Waals surface area contributed by atoms with Gasteiger partial charge in [-0.15, -0.1) is 0 Å². The molecule has 0 spiro atoms. The van der Waals surface area contributed by atoms with Crippen LogP contribution >= 0.6 is 0 Å². The number of nitrogens with zero attached hydrogens (tertiary/aromatic N) is 2. The summed E-state index contributed by atoms with van der Waals surface area (Å²) in [5.41, 5.74) is 0.705. The first kappa shape index (κ1) is 11.6. The lowest BCUT2D eigenvalue weighted by Crippen LogP contribution is -2.11. The van der Waals surface area contributed by atoms with Crippen LogP contribution in [-0.2, 0) is 0 Å². The van der Waals surface area contributed by atoms with Crippen molar-refractivity contribution < 1.29 is 9.47 Å². The van der Waals surface area contributed by atoms with Crippen molar-refractivity contribution in [3.63, 3.8) is 0 Å². The van der Waals surface area contributed by atoms with Crippen molar-refractivity contribution >= 4 is 5.69 Å². The van der Waals surface area contributed by atoms with Crippen molar-refractivity contribution in [1.82, 2.24) is 9.97 Å². The zero-order valence-corrected chi connectivity index (χ0v) is 9.57. The van der Waals surface area contributed by atoms with Gasteiger partial charge >= 0.3 is 0 Å². The highest BCUT2D eigenvalue weighted by molar-refractivity contribution is 5.59. The van der Waals surface area contributed by atoms with Crippen molar-refractivity contribution in [3.8, 4) is 11.8 Å². The molecule has 1 N–H and O–H groups in total. The lowest BCUT2D eigenvalue weighted by molar-refractivity contribution is 0.374. The minimum Gasteiger partial charge on any atom is -0.479 e. The van der Waals surface area contributed by atoms with E-state index in [-0.39, 0.29) is 0 Å². The Morgan fingerprint density at radius 2 is 1.73 bits per heavy atom. The molecule has 0 atom stereocenters. The summed E-state index contributed by atoms with van der Waals surface area (Å²) in [6, 6.07) is 0. The monoisotopic (exact) mass is 211 g/mol. The third-order valence-corrected chi connectivity index (χ3v) is 1.85. The maximum atomic E-state index is 5.13. The first-order valence-electron chi connectivity index (χ1n) is 4.85. The number of ether oxygens (including phenoxy) is 2. The van der Waals surface area contributed by atoms with Gasteiger partial charge < -0.3 is 14.8 Å². The van der Waals surface area contributed by atoms with E-state index in [1.807, 2.05) is 0 Å². The number of nitrogens with one attached hydrogen (secondary N) is 1. The molecule has 0 aliphatic rings. The highest BCUT2D eigenvalue weighted by Crippen LogP contribution is 2.29. The van der Waals surface area contributed by atoms with E-state index >= 15 is 0 Å². The highest BCUT2D eigenvalue weighted by Gasteiger charge is 2.12. The molecule has 84 valence electrons. The smallest absolute Gasteiger partial charge is 0.244 e. The van der Waals surface area contributed by atoms with Crippen molar-refractivity contribution in [2.24, 2.45) is 5.92 Å². The van der Waals surface area contributed by atoms with Crippen LogP contribution in [0.4, 0.5) is 5.69 Å². The van der Waals surface area contributed by atoms with Gasteiger partial charge in [0.05, 0.1) is 14.2 Å². The predicted octanol–water partition coefficient (Wildman–Crippen LogP) is 1.56. The number of hydrogen-bond donors (Lipinski definition) is 1. The topological polar surface area (TPSA) is 56.3 Å². The van der Waals surface area contributed by atoms with E-state index in [1.54, 1.807) is 14.2 Å². The standard InChI is InChI=1S/C10H17N3O2/c1-7(2)5-11-8-9(14-3)12-6-13-10(8)15-4/h6-7,11H,5H2,1-4H3. The second-order valence-electron chi connectivity index (χ2n) is 3.54. The van der Waals surface area contributed by atoms with E-state index in [0.29, 0.717) is 23.4 Å². The first-order chi connectivity index (χ1) is 7.19. The Hall–Kier alpha value is -1.52. The molecule has 0 saturated heterocycles. The van der Waals surface area contributed by atoms with Gasteiger partial charge in [-0.3, -0.25) is 0 Å². The van der Waals surface area contributed by atoms with Crippen LogP contribution in [0.15, 0.2) is 6.33 Å². The molecule has 0 aliphatic heterocycles. The minimum absolute atomic E-state index is 0.502. The summed E-state index contributed by atoms with van der Waals surface area (Å²) >= 11 is 0. The predicted molar refractivity (Wildman–Crippen MR) is 58.5 cm³/mol. The molecular formula is C10H17N3O2. The molecule has 0 unspecified atom stereocenters. The Morgan fingerprint density at radius 1 is 1.20 bits per heavy atom. The normalized spacial score (nSPS) is 10.2. The van der Waals surface area contributed by atoms with Gasteiger partial charge in [0.2, 0.25) is 11.8 Å². The fourth-order valence-electron chi connectivity index (χ4n) is 1.12. The van der Waals surface area contributed by atoms with E-state index in [4.69, 9.17) is 9.47 Å². The Labute approximate surface area is 89.8 Å². The third kappa shape index (κ3) is 2.97. The van der Waals surface area contributed by atoms with Crippen LogP contribution in [-0.4, -0.2) is 30.7 Å². The molecule has 1 aromatic heterocycles. The Morgan fingerprint density at radius 3 is 2.13 bits per heavy atom. The van der Waals surface area contributed by atoms with Crippen molar-refractivity contribution in [1.29, 1.82) is 0 Å². The molecule has 0 radical (unpaired) electrons. The van der Waals surface area contributed by atoms with Gasteiger partial charge in [0.15, 0.2) is 5.69 Å². The Kier molecular flexibility index (Phi) is 4.15. The van der Waals surface area contributed by atoms with E-state index in [2.05, 4.69) is 29.1 Å². The molecule has 5 nitrogen and oxygen atoms in total. The van der Waals surface area contributed by atoms with E-state index < -0.39 is 0 Å². The van der Waals surface area contributed by atoms with Gasteiger partial charge in [-0.05, 0) is 5.92 Å². The Bertz CT molecular complexity index is 293. The molecule has 0 amide bonds. The van der Waals surface area contributed by atoms with E-state index in [9.17, 15) is 0 Å². The maximum absolute atomic E-state index is 5.13. The van der Waals surface area contributed by atoms with Crippen molar-refractivity contribution in [2.75, 3.05) is 26.1 Å². The first-order valence-corrected chi connectivity index (χ1v) is 4.85. The summed E-state index contributed by atoms with van der Waals surface area (Å²) < 4.78 is 10.3. The van der Waals surface area contributed by atoms with Gasteiger partial charge in [0, 0.05) is 6.54 Å². The fourth-order valence-corrected chi connectivity index (χ4v) is 1.12. The summed E-state index contributed by atoms with van der Waals surface area (Å²) in [7, 11) is 3.14. The second-order valence-corrected chi connectivity index (χ2v) is 3.54. The van der Waals surface area contributed by atoms with Crippen molar-refractivity contribution in [3.05, 3.63) is 6.33 Å². The second kappa shape index (κ2) is 5.38. The SMILES string of the molecule is COc1ncnc(OC)c1NCC(C)C. The van der Waals surface area contributed by atoms with Gasteiger partial charge in [-0.2, -0.15) is 9.97 Å². The number of aromatic nitrogens is 2. The van der Waals surface area contributed by atoms with Crippen LogP contribution in [0.3, 0.4) is 0 Å². The molecule has 1 heterocycles. The minimum atomic E-state index is 0.502. The van der Waals surface area contributed by atoms with Crippen molar-refractivity contribution in [2.45, 2.75) is 13.8 Å². The van der Waals surface area contributed by atoms with Gasteiger partial charge in [-0.25, -0.2) is 0 Å². The molecule has 15 heavy (non-hydrogen) atoms. The van der Waals surface area contributed by atoms with Crippen LogP contribution in [0, 0.1) is 5.92 Å². The largest absolute Gasteiger partial charge is 0.479 e. The Balaban J connectivity index is 2.89. The summed E-state index contributed by atoms with van der Waals surface area (Å²) in [4.78, 5) is 8.02. The maximum Gasteiger partial charge on any atom is 0.244 e. The average Bonchev–Trinajstić information content (AvgIpc) is 2.25. The fraction of sp³-hybridized carbons (Fsp3) is 0.600. The van der Waals surface area contributed by atoms with Crippen LogP contribution < -0.4 is 14.8 Å². The number of hydrogen-bond acceptors (Lipinski definition) is 5. The summed E-state index contributed by atoms with van der Waals surface area (Å²) in [6.07, 6.45) is 1.41.